The summed E-state index contributed by atoms with van der Waals surface area (Å²) in [6.45, 7) is 0.268. The zero-order valence-electron chi connectivity index (χ0n) is 14.4. The van der Waals surface area contributed by atoms with Gasteiger partial charge in [0.25, 0.3) is 0 Å². The van der Waals surface area contributed by atoms with Crippen LogP contribution in [-0.4, -0.2) is 31.8 Å². The molecule has 0 saturated heterocycles. The summed E-state index contributed by atoms with van der Waals surface area (Å²) in [5.74, 6) is 0.385. The van der Waals surface area contributed by atoms with E-state index in [1.807, 2.05) is 12.1 Å². The summed E-state index contributed by atoms with van der Waals surface area (Å²) in [5.41, 5.74) is 1.52. The van der Waals surface area contributed by atoms with Crippen molar-refractivity contribution in [3.8, 4) is 5.75 Å². The molecule has 28 heavy (non-hydrogen) atoms. The van der Waals surface area contributed by atoms with Gasteiger partial charge in [0.2, 0.25) is 5.91 Å². The molecule has 0 fully saturated rings. The van der Waals surface area contributed by atoms with Gasteiger partial charge in [-0.2, -0.15) is 5.10 Å². The molecule has 0 aliphatic carbocycles. The van der Waals surface area contributed by atoms with Crippen LogP contribution in [0.15, 0.2) is 53.9 Å². The number of hydrogen-bond acceptors (Lipinski definition) is 7. The number of thiazole rings is 1. The summed E-state index contributed by atoms with van der Waals surface area (Å²) < 4.78 is 19.9. The molecular formula is C18H14FN5O2S2. The van der Waals surface area contributed by atoms with Crippen LogP contribution in [0.3, 0.4) is 0 Å². The predicted molar refractivity (Wildman–Crippen MR) is 106 cm³/mol. The van der Waals surface area contributed by atoms with Gasteiger partial charge < -0.3 is 10.1 Å². The summed E-state index contributed by atoms with van der Waals surface area (Å²) in [4.78, 5) is 20.4. The number of hydrogen-bond donors (Lipinski definition) is 2. The minimum Gasteiger partial charge on any atom is -0.489 e. The Morgan fingerprint density at radius 3 is 3.04 bits per heavy atom. The normalized spacial score (nSPS) is 10.9. The van der Waals surface area contributed by atoms with Crippen LogP contribution in [0.4, 0.5) is 9.52 Å². The maximum absolute atomic E-state index is 13.2. The Balaban J connectivity index is 1.37. The number of aromatic nitrogens is 4. The van der Waals surface area contributed by atoms with Gasteiger partial charge in [-0.05, 0) is 35.9 Å². The first-order valence-electron chi connectivity index (χ1n) is 8.21. The first-order chi connectivity index (χ1) is 13.7. The van der Waals surface area contributed by atoms with Crippen LogP contribution in [0.25, 0.3) is 10.2 Å². The predicted octanol–water partition coefficient (Wildman–Crippen LogP) is 3.86. The largest absolute Gasteiger partial charge is 0.489 e. The van der Waals surface area contributed by atoms with E-state index in [0.29, 0.717) is 16.0 Å². The van der Waals surface area contributed by atoms with E-state index in [2.05, 4.69) is 25.5 Å². The minimum absolute atomic E-state index is 0.178. The van der Waals surface area contributed by atoms with Crippen LogP contribution in [0, 0.1) is 5.82 Å². The van der Waals surface area contributed by atoms with E-state index in [0.717, 1.165) is 15.8 Å². The van der Waals surface area contributed by atoms with Crippen molar-refractivity contribution < 1.29 is 13.9 Å². The third-order valence-corrected chi connectivity index (χ3v) is 5.44. The second-order valence-electron chi connectivity index (χ2n) is 5.69. The number of aromatic amines is 1. The molecule has 0 aliphatic rings. The van der Waals surface area contributed by atoms with Gasteiger partial charge in [-0.1, -0.05) is 35.2 Å². The number of carbonyl (C=O) groups is 1. The molecule has 0 aliphatic heterocycles. The third kappa shape index (κ3) is 4.65. The van der Waals surface area contributed by atoms with E-state index in [1.54, 1.807) is 18.2 Å². The Bertz CT molecular complexity index is 1100. The van der Waals surface area contributed by atoms with Crippen LogP contribution in [0.5, 0.6) is 5.75 Å². The number of amides is 1. The number of nitrogens with one attached hydrogen (secondary N) is 2. The topological polar surface area (TPSA) is 92.8 Å². The number of anilines is 1. The molecule has 0 bridgehead atoms. The Morgan fingerprint density at radius 1 is 1.29 bits per heavy atom. The fourth-order valence-corrected chi connectivity index (χ4v) is 3.88. The Labute approximate surface area is 167 Å². The second-order valence-corrected chi connectivity index (χ2v) is 7.69. The third-order valence-electron chi connectivity index (χ3n) is 3.63. The van der Waals surface area contributed by atoms with E-state index in [9.17, 15) is 9.18 Å². The van der Waals surface area contributed by atoms with Gasteiger partial charge in [0.05, 0.1) is 16.0 Å². The monoisotopic (exact) mass is 415 g/mol. The van der Waals surface area contributed by atoms with Gasteiger partial charge in [-0.25, -0.2) is 14.4 Å². The van der Waals surface area contributed by atoms with Crippen LogP contribution in [-0.2, 0) is 11.4 Å². The van der Waals surface area contributed by atoms with Gasteiger partial charge in [0.15, 0.2) is 10.3 Å². The van der Waals surface area contributed by atoms with Gasteiger partial charge >= 0.3 is 0 Å². The number of thioether (sulfide) groups is 1. The zero-order chi connectivity index (χ0) is 19.3. The number of fused-ring (bicyclic) bond motifs is 1. The summed E-state index contributed by atoms with van der Waals surface area (Å²) in [6.07, 6.45) is 1.39. The van der Waals surface area contributed by atoms with Crippen molar-refractivity contribution in [3.05, 3.63) is 60.2 Å². The molecule has 0 atom stereocenters. The number of nitrogens with zero attached hydrogens (tertiary/aromatic N) is 3. The Kier molecular flexibility index (Phi) is 5.49. The molecule has 0 saturated carbocycles. The molecule has 0 radical (unpaired) electrons. The molecule has 4 rings (SSSR count). The second kappa shape index (κ2) is 8.36. The highest BCUT2D eigenvalue weighted by atomic mass is 32.2. The highest BCUT2D eigenvalue weighted by Crippen LogP contribution is 2.29. The van der Waals surface area contributed by atoms with Crippen molar-refractivity contribution in [2.75, 3.05) is 11.1 Å². The maximum Gasteiger partial charge on any atom is 0.236 e. The Morgan fingerprint density at radius 2 is 2.21 bits per heavy atom. The van der Waals surface area contributed by atoms with Crippen LogP contribution < -0.4 is 10.1 Å². The lowest BCUT2D eigenvalue weighted by Crippen LogP contribution is -2.13. The van der Waals surface area contributed by atoms with Crippen LogP contribution in [0.1, 0.15) is 5.56 Å². The van der Waals surface area contributed by atoms with Gasteiger partial charge in [0.1, 0.15) is 24.5 Å². The number of ether oxygens (including phenoxy) is 1. The smallest absolute Gasteiger partial charge is 0.236 e. The first kappa shape index (κ1) is 18.4. The average molecular weight is 415 g/mol. The molecule has 0 spiro atoms. The zero-order valence-corrected chi connectivity index (χ0v) is 16.0. The summed E-state index contributed by atoms with van der Waals surface area (Å²) in [6, 6.07) is 11.8. The lowest BCUT2D eigenvalue weighted by molar-refractivity contribution is -0.113. The number of rotatable bonds is 7. The molecule has 2 heterocycles. The summed E-state index contributed by atoms with van der Waals surface area (Å²) in [5, 5.41) is 10.3. The van der Waals surface area contributed by atoms with Crippen molar-refractivity contribution >= 4 is 44.4 Å². The van der Waals surface area contributed by atoms with Crippen molar-refractivity contribution in [1.29, 1.82) is 0 Å². The van der Waals surface area contributed by atoms with Crippen LogP contribution in [0.2, 0.25) is 0 Å². The lowest BCUT2D eigenvalue weighted by atomic mass is 10.2. The van der Waals surface area contributed by atoms with Crippen molar-refractivity contribution in [3.63, 3.8) is 0 Å². The molecule has 1 amide bonds. The van der Waals surface area contributed by atoms with E-state index >= 15 is 0 Å². The Hall–Kier alpha value is -2.98. The maximum atomic E-state index is 13.2. The molecule has 7 nitrogen and oxygen atoms in total. The molecular weight excluding hydrogens is 401 g/mol. The van der Waals surface area contributed by atoms with E-state index in [4.69, 9.17) is 4.74 Å². The molecule has 4 aromatic rings. The highest BCUT2D eigenvalue weighted by Gasteiger charge is 2.10. The fourth-order valence-electron chi connectivity index (χ4n) is 2.39. The quantitative estimate of drug-likeness (QED) is 0.445. The van der Waals surface area contributed by atoms with E-state index < -0.39 is 0 Å². The molecule has 0 unspecified atom stereocenters. The van der Waals surface area contributed by atoms with E-state index in [1.165, 1.54) is 41.6 Å². The lowest BCUT2D eigenvalue weighted by Gasteiger charge is -2.06. The molecule has 142 valence electrons. The van der Waals surface area contributed by atoms with Gasteiger partial charge in [0, 0.05) is 0 Å². The number of benzene rings is 2. The van der Waals surface area contributed by atoms with Gasteiger partial charge in [-0.3, -0.25) is 9.89 Å². The summed E-state index contributed by atoms with van der Waals surface area (Å²) in [7, 11) is 0. The van der Waals surface area contributed by atoms with Crippen LogP contribution >= 0.6 is 23.1 Å². The first-order valence-corrected chi connectivity index (χ1v) is 10.0. The minimum atomic E-state index is -0.291. The molecule has 2 N–H and O–H groups in total. The SMILES string of the molecule is O=C(CSc1ncn[nH]1)Nc1nc2ccc(OCc3cccc(F)c3)cc2s1. The van der Waals surface area contributed by atoms with Crippen molar-refractivity contribution in [2.45, 2.75) is 11.8 Å². The van der Waals surface area contributed by atoms with Crippen molar-refractivity contribution in [2.24, 2.45) is 0 Å². The number of carbonyl (C=O) groups excluding carboxylic acids is 1. The van der Waals surface area contributed by atoms with Gasteiger partial charge in [-0.15, -0.1) is 0 Å². The highest BCUT2D eigenvalue weighted by molar-refractivity contribution is 7.99. The van der Waals surface area contributed by atoms with E-state index in [-0.39, 0.29) is 24.1 Å². The number of H-pyrrole nitrogens is 1. The van der Waals surface area contributed by atoms with Crippen molar-refractivity contribution in [1.82, 2.24) is 20.2 Å². The molecule has 2 aromatic carbocycles. The molecule has 2 aromatic heterocycles. The summed E-state index contributed by atoms with van der Waals surface area (Å²) >= 11 is 2.62. The fraction of sp³-hybridized carbons (Fsp3) is 0.111. The standard InChI is InChI=1S/C18H14FN5O2S2/c19-12-3-1-2-11(6-12)8-26-13-4-5-14-15(7-13)28-18(22-14)23-16(25)9-27-17-20-10-21-24-17/h1-7,10H,8-9H2,(H,20,21,24)(H,22,23,25). The molecule has 10 heteroatoms. The number of halogens is 1. The average Bonchev–Trinajstić information content (AvgIpc) is 3.33.